The number of nitrogens with two attached hydrogens (primary N) is 1. The highest BCUT2D eigenvalue weighted by Crippen LogP contribution is 2.21. The SMILES string of the molecule is CCc1ccc(N=Cc2cn(CC(N)=O)c3ccccc23)cc1. The van der Waals surface area contributed by atoms with E-state index in [9.17, 15) is 4.79 Å². The first-order valence-corrected chi connectivity index (χ1v) is 7.66. The zero-order valence-electron chi connectivity index (χ0n) is 13.1. The van der Waals surface area contributed by atoms with Gasteiger partial charge in [0.2, 0.25) is 5.91 Å². The molecular weight excluding hydrogens is 286 g/mol. The van der Waals surface area contributed by atoms with Crippen LogP contribution in [0.4, 0.5) is 5.69 Å². The first-order chi connectivity index (χ1) is 11.2. The number of benzene rings is 2. The van der Waals surface area contributed by atoms with Crippen LogP contribution in [0.1, 0.15) is 18.1 Å². The number of aryl methyl sites for hydroxylation is 1. The molecule has 2 N–H and O–H groups in total. The summed E-state index contributed by atoms with van der Waals surface area (Å²) in [6, 6.07) is 16.1. The molecule has 4 heteroatoms. The fraction of sp³-hybridized carbons (Fsp3) is 0.158. The van der Waals surface area contributed by atoms with Gasteiger partial charge < -0.3 is 10.3 Å². The van der Waals surface area contributed by atoms with Gasteiger partial charge in [-0.1, -0.05) is 37.3 Å². The monoisotopic (exact) mass is 305 g/mol. The standard InChI is InChI=1S/C19H19N3O/c1-2-14-7-9-16(10-8-14)21-11-15-12-22(13-19(20)23)18-6-4-3-5-17(15)18/h3-12H,2,13H2,1H3,(H2,20,23). The van der Waals surface area contributed by atoms with E-state index < -0.39 is 0 Å². The van der Waals surface area contributed by atoms with Gasteiger partial charge in [0, 0.05) is 28.9 Å². The number of fused-ring (bicyclic) bond motifs is 1. The van der Waals surface area contributed by atoms with Crippen LogP contribution in [-0.2, 0) is 17.8 Å². The molecule has 0 saturated heterocycles. The molecule has 3 aromatic rings. The topological polar surface area (TPSA) is 60.4 Å². The Bertz CT molecular complexity index is 860. The second-order valence-corrected chi connectivity index (χ2v) is 5.47. The molecule has 0 aliphatic heterocycles. The van der Waals surface area contributed by atoms with E-state index in [-0.39, 0.29) is 12.5 Å². The van der Waals surface area contributed by atoms with Crippen molar-refractivity contribution >= 4 is 28.7 Å². The Labute approximate surface area is 135 Å². The van der Waals surface area contributed by atoms with E-state index in [1.165, 1.54) is 5.56 Å². The molecule has 23 heavy (non-hydrogen) atoms. The third-order valence-electron chi connectivity index (χ3n) is 3.84. The minimum atomic E-state index is -0.357. The predicted octanol–water partition coefficient (Wildman–Crippen LogP) is 3.44. The largest absolute Gasteiger partial charge is 0.368 e. The number of nitrogens with zero attached hydrogens (tertiary/aromatic N) is 2. The smallest absolute Gasteiger partial charge is 0.237 e. The van der Waals surface area contributed by atoms with Crippen molar-refractivity contribution in [3.63, 3.8) is 0 Å². The number of primary amides is 1. The van der Waals surface area contributed by atoms with E-state index in [4.69, 9.17) is 5.73 Å². The third kappa shape index (κ3) is 3.31. The molecule has 0 aliphatic rings. The third-order valence-corrected chi connectivity index (χ3v) is 3.84. The molecule has 0 aliphatic carbocycles. The summed E-state index contributed by atoms with van der Waals surface area (Å²) in [5.41, 5.74) is 9.48. The summed E-state index contributed by atoms with van der Waals surface area (Å²) in [5, 5.41) is 1.06. The van der Waals surface area contributed by atoms with Crippen LogP contribution in [0.2, 0.25) is 0 Å². The van der Waals surface area contributed by atoms with Gasteiger partial charge in [-0.15, -0.1) is 0 Å². The fourth-order valence-electron chi connectivity index (χ4n) is 2.64. The number of hydrogen-bond acceptors (Lipinski definition) is 2. The summed E-state index contributed by atoms with van der Waals surface area (Å²) in [6.45, 7) is 2.30. The van der Waals surface area contributed by atoms with Gasteiger partial charge in [-0.05, 0) is 30.2 Å². The van der Waals surface area contributed by atoms with Crippen LogP contribution in [0.25, 0.3) is 10.9 Å². The van der Waals surface area contributed by atoms with Crippen molar-refractivity contribution in [1.82, 2.24) is 4.57 Å². The summed E-state index contributed by atoms with van der Waals surface area (Å²) in [6.07, 6.45) is 4.77. The van der Waals surface area contributed by atoms with E-state index in [0.29, 0.717) is 0 Å². The summed E-state index contributed by atoms with van der Waals surface area (Å²) in [5.74, 6) is -0.357. The lowest BCUT2D eigenvalue weighted by Crippen LogP contribution is -2.17. The number of carbonyl (C=O) groups excluding carboxylic acids is 1. The molecule has 0 bridgehead atoms. The molecule has 0 fully saturated rings. The van der Waals surface area contributed by atoms with Crippen LogP contribution in [0.5, 0.6) is 0 Å². The Morgan fingerprint density at radius 1 is 1.17 bits per heavy atom. The van der Waals surface area contributed by atoms with Gasteiger partial charge in [-0.3, -0.25) is 9.79 Å². The summed E-state index contributed by atoms with van der Waals surface area (Å²) >= 11 is 0. The van der Waals surface area contributed by atoms with Crippen molar-refractivity contribution in [3.05, 3.63) is 65.9 Å². The maximum atomic E-state index is 11.2. The normalized spacial score (nSPS) is 11.3. The second kappa shape index (κ2) is 6.48. The molecule has 0 saturated carbocycles. The Morgan fingerprint density at radius 2 is 1.91 bits per heavy atom. The lowest BCUT2D eigenvalue weighted by molar-refractivity contribution is -0.118. The fourth-order valence-corrected chi connectivity index (χ4v) is 2.64. The quantitative estimate of drug-likeness (QED) is 0.721. The number of aromatic nitrogens is 1. The average Bonchev–Trinajstić information content (AvgIpc) is 2.91. The second-order valence-electron chi connectivity index (χ2n) is 5.47. The average molecular weight is 305 g/mol. The highest BCUT2D eigenvalue weighted by molar-refractivity contribution is 6.00. The summed E-state index contributed by atoms with van der Waals surface area (Å²) < 4.78 is 1.86. The molecule has 3 rings (SSSR count). The number of aliphatic imine (C=N–C) groups is 1. The Kier molecular flexibility index (Phi) is 4.24. The molecule has 2 aromatic carbocycles. The number of hydrogen-bond donors (Lipinski definition) is 1. The molecule has 0 unspecified atom stereocenters. The number of amides is 1. The van der Waals surface area contributed by atoms with Gasteiger partial charge >= 0.3 is 0 Å². The van der Waals surface area contributed by atoms with Crippen LogP contribution in [0, 0.1) is 0 Å². The van der Waals surface area contributed by atoms with Crippen molar-refractivity contribution in [2.24, 2.45) is 10.7 Å². The maximum Gasteiger partial charge on any atom is 0.237 e. The van der Waals surface area contributed by atoms with Crippen LogP contribution in [0.15, 0.2) is 59.7 Å². The lowest BCUT2D eigenvalue weighted by atomic mass is 10.1. The first kappa shape index (κ1) is 15.0. The van der Waals surface area contributed by atoms with Gasteiger partial charge in [-0.2, -0.15) is 0 Å². The van der Waals surface area contributed by atoms with E-state index in [1.54, 1.807) is 0 Å². The summed E-state index contributed by atoms with van der Waals surface area (Å²) in [4.78, 5) is 15.8. The van der Waals surface area contributed by atoms with Gasteiger partial charge in [0.15, 0.2) is 0 Å². The van der Waals surface area contributed by atoms with E-state index in [1.807, 2.05) is 53.4 Å². The van der Waals surface area contributed by atoms with Crippen LogP contribution >= 0.6 is 0 Å². The molecule has 1 aromatic heterocycles. The van der Waals surface area contributed by atoms with Gasteiger partial charge in [-0.25, -0.2) is 0 Å². The number of rotatable bonds is 5. The van der Waals surface area contributed by atoms with Crippen molar-refractivity contribution in [3.8, 4) is 0 Å². The van der Waals surface area contributed by atoms with Gasteiger partial charge in [0.1, 0.15) is 6.54 Å². The van der Waals surface area contributed by atoms with Crippen molar-refractivity contribution < 1.29 is 4.79 Å². The van der Waals surface area contributed by atoms with Gasteiger partial charge in [0.25, 0.3) is 0 Å². The van der Waals surface area contributed by atoms with Crippen LogP contribution in [-0.4, -0.2) is 16.7 Å². The lowest BCUT2D eigenvalue weighted by Gasteiger charge is -2.00. The molecule has 4 nitrogen and oxygen atoms in total. The van der Waals surface area contributed by atoms with Crippen LogP contribution < -0.4 is 5.73 Å². The molecule has 0 atom stereocenters. The highest BCUT2D eigenvalue weighted by atomic mass is 16.1. The van der Waals surface area contributed by atoms with E-state index >= 15 is 0 Å². The zero-order valence-corrected chi connectivity index (χ0v) is 13.1. The molecule has 116 valence electrons. The number of carbonyl (C=O) groups is 1. The van der Waals surface area contributed by atoms with Crippen molar-refractivity contribution in [1.29, 1.82) is 0 Å². The Morgan fingerprint density at radius 3 is 2.61 bits per heavy atom. The molecule has 0 spiro atoms. The van der Waals surface area contributed by atoms with Crippen molar-refractivity contribution in [2.45, 2.75) is 19.9 Å². The molecular formula is C19H19N3O. The highest BCUT2D eigenvalue weighted by Gasteiger charge is 2.08. The summed E-state index contributed by atoms with van der Waals surface area (Å²) in [7, 11) is 0. The molecule has 0 radical (unpaired) electrons. The van der Waals surface area contributed by atoms with Gasteiger partial charge in [0.05, 0.1) is 5.69 Å². The number of para-hydroxylation sites is 1. The molecule has 1 heterocycles. The van der Waals surface area contributed by atoms with E-state index in [0.717, 1.165) is 28.6 Å². The Balaban J connectivity index is 1.95. The maximum absolute atomic E-state index is 11.2. The zero-order chi connectivity index (χ0) is 16.2. The minimum absolute atomic E-state index is 0.166. The predicted molar refractivity (Wildman–Crippen MR) is 94.2 cm³/mol. The molecule has 1 amide bonds. The van der Waals surface area contributed by atoms with E-state index in [2.05, 4.69) is 24.0 Å². The van der Waals surface area contributed by atoms with Crippen LogP contribution in [0.3, 0.4) is 0 Å². The minimum Gasteiger partial charge on any atom is -0.368 e. The first-order valence-electron chi connectivity index (χ1n) is 7.66. The Hall–Kier alpha value is -2.88. The van der Waals surface area contributed by atoms with Crippen molar-refractivity contribution in [2.75, 3.05) is 0 Å².